The first kappa shape index (κ1) is 7.63. The van der Waals surface area contributed by atoms with E-state index >= 15 is 0 Å². The third kappa shape index (κ3) is 1.21. The highest BCUT2D eigenvalue weighted by Gasteiger charge is 2.21. The highest BCUT2D eigenvalue weighted by Crippen LogP contribution is 2.41. The van der Waals surface area contributed by atoms with Crippen LogP contribution in [0.1, 0.15) is 22.4 Å². The summed E-state index contributed by atoms with van der Waals surface area (Å²) in [6.45, 7) is 0. The molecule has 0 aromatic heterocycles. The molecular weight excluding hydrogens is 223 g/mol. The van der Waals surface area contributed by atoms with Crippen molar-refractivity contribution in [2.24, 2.45) is 0 Å². The van der Waals surface area contributed by atoms with Crippen LogP contribution in [0.4, 0.5) is 0 Å². The SMILES string of the molecule is Clc1cccc2c1[C@H](Br)CC2. The molecule has 0 N–H and O–H groups in total. The first-order valence-electron chi connectivity index (χ1n) is 3.70. The maximum absolute atomic E-state index is 6.03. The predicted octanol–water partition coefficient (Wildman–Crippen LogP) is 3.72. The minimum atomic E-state index is 0.478. The average Bonchev–Trinajstić information content (AvgIpc) is 2.34. The van der Waals surface area contributed by atoms with Crippen molar-refractivity contribution in [1.82, 2.24) is 0 Å². The van der Waals surface area contributed by atoms with Crippen LogP contribution in [0.15, 0.2) is 18.2 Å². The molecule has 0 fully saturated rings. The van der Waals surface area contributed by atoms with Crippen LogP contribution in [0, 0.1) is 0 Å². The summed E-state index contributed by atoms with van der Waals surface area (Å²) in [5.74, 6) is 0. The van der Waals surface area contributed by atoms with E-state index in [2.05, 4.69) is 22.0 Å². The summed E-state index contributed by atoms with van der Waals surface area (Å²) in [6.07, 6.45) is 2.34. The zero-order chi connectivity index (χ0) is 7.84. The van der Waals surface area contributed by atoms with Gasteiger partial charge in [0.1, 0.15) is 0 Å². The highest BCUT2D eigenvalue weighted by atomic mass is 79.9. The highest BCUT2D eigenvalue weighted by molar-refractivity contribution is 9.09. The van der Waals surface area contributed by atoms with E-state index in [1.54, 1.807) is 0 Å². The Labute approximate surface area is 79.7 Å². The quantitative estimate of drug-likeness (QED) is 0.597. The summed E-state index contributed by atoms with van der Waals surface area (Å²) >= 11 is 9.64. The normalized spacial score (nSPS) is 21.8. The van der Waals surface area contributed by atoms with E-state index in [4.69, 9.17) is 11.6 Å². The first-order valence-corrected chi connectivity index (χ1v) is 5.00. The maximum atomic E-state index is 6.03. The van der Waals surface area contributed by atoms with Gasteiger partial charge in [0.25, 0.3) is 0 Å². The number of alkyl halides is 1. The van der Waals surface area contributed by atoms with E-state index in [9.17, 15) is 0 Å². The standard InChI is InChI=1S/C9H8BrCl/c10-7-5-4-6-2-1-3-8(11)9(6)7/h1-3,7H,4-5H2/t7-/m1/s1. The van der Waals surface area contributed by atoms with E-state index in [-0.39, 0.29) is 0 Å². The summed E-state index contributed by atoms with van der Waals surface area (Å²) in [4.78, 5) is 0.478. The Hall–Kier alpha value is -0.0100. The smallest absolute Gasteiger partial charge is 0.0452 e. The van der Waals surface area contributed by atoms with Crippen LogP contribution in [0.3, 0.4) is 0 Å². The predicted molar refractivity (Wildman–Crippen MR) is 51.4 cm³/mol. The molecule has 1 aliphatic carbocycles. The Morgan fingerprint density at radius 1 is 1.45 bits per heavy atom. The minimum Gasteiger partial charge on any atom is -0.0840 e. The molecule has 1 atom stereocenters. The second-order valence-electron chi connectivity index (χ2n) is 2.82. The molecule has 0 nitrogen and oxygen atoms in total. The molecule has 11 heavy (non-hydrogen) atoms. The van der Waals surface area contributed by atoms with Gasteiger partial charge < -0.3 is 0 Å². The van der Waals surface area contributed by atoms with Crippen molar-refractivity contribution in [3.8, 4) is 0 Å². The Kier molecular flexibility index (Phi) is 1.94. The molecule has 2 rings (SSSR count). The second-order valence-corrected chi connectivity index (χ2v) is 4.33. The zero-order valence-electron chi connectivity index (χ0n) is 5.98. The topological polar surface area (TPSA) is 0 Å². The van der Waals surface area contributed by atoms with Gasteiger partial charge in [0.05, 0.1) is 0 Å². The Morgan fingerprint density at radius 3 is 3.00 bits per heavy atom. The van der Waals surface area contributed by atoms with Crippen LogP contribution in [-0.2, 0) is 6.42 Å². The lowest BCUT2D eigenvalue weighted by atomic mass is 10.1. The van der Waals surface area contributed by atoms with E-state index in [0.717, 1.165) is 11.4 Å². The van der Waals surface area contributed by atoms with Gasteiger partial charge in [-0.3, -0.25) is 0 Å². The van der Waals surface area contributed by atoms with Crippen molar-refractivity contribution >= 4 is 27.5 Å². The molecule has 58 valence electrons. The number of hydrogen-bond acceptors (Lipinski definition) is 0. The first-order chi connectivity index (χ1) is 5.29. The molecule has 0 heterocycles. The molecule has 0 unspecified atom stereocenters. The summed E-state index contributed by atoms with van der Waals surface area (Å²) in [6, 6.07) is 6.13. The molecule has 0 amide bonds. The maximum Gasteiger partial charge on any atom is 0.0452 e. The number of fused-ring (bicyclic) bond motifs is 1. The van der Waals surface area contributed by atoms with Gasteiger partial charge >= 0.3 is 0 Å². The Morgan fingerprint density at radius 2 is 2.27 bits per heavy atom. The van der Waals surface area contributed by atoms with Gasteiger partial charge in [0.15, 0.2) is 0 Å². The zero-order valence-corrected chi connectivity index (χ0v) is 8.32. The number of halogens is 2. The van der Waals surface area contributed by atoms with Crippen molar-refractivity contribution in [3.63, 3.8) is 0 Å². The minimum absolute atomic E-state index is 0.478. The van der Waals surface area contributed by atoms with E-state index < -0.39 is 0 Å². The molecular formula is C9H8BrCl. The van der Waals surface area contributed by atoms with Gasteiger partial charge in [-0.15, -0.1) is 0 Å². The van der Waals surface area contributed by atoms with Crippen LogP contribution >= 0.6 is 27.5 Å². The van der Waals surface area contributed by atoms with Crippen LogP contribution in [0.25, 0.3) is 0 Å². The third-order valence-electron chi connectivity index (χ3n) is 2.12. The molecule has 0 aliphatic heterocycles. The number of rotatable bonds is 0. The van der Waals surface area contributed by atoms with E-state index in [1.165, 1.54) is 17.5 Å². The van der Waals surface area contributed by atoms with Gasteiger partial charge in [0, 0.05) is 9.85 Å². The molecule has 0 saturated carbocycles. The molecule has 0 spiro atoms. The van der Waals surface area contributed by atoms with Crippen LogP contribution in [0.5, 0.6) is 0 Å². The summed E-state index contributed by atoms with van der Waals surface area (Å²) in [5.41, 5.74) is 2.70. The van der Waals surface area contributed by atoms with Gasteiger partial charge in [-0.1, -0.05) is 39.7 Å². The van der Waals surface area contributed by atoms with Crippen molar-refractivity contribution in [2.45, 2.75) is 17.7 Å². The van der Waals surface area contributed by atoms with Crippen molar-refractivity contribution < 1.29 is 0 Å². The second kappa shape index (κ2) is 2.80. The number of hydrogen-bond donors (Lipinski definition) is 0. The third-order valence-corrected chi connectivity index (χ3v) is 3.37. The van der Waals surface area contributed by atoms with Gasteiger partial charge in [-0.2, -0.15) is 0 Å². The van der Waals surface area contributed by atoms with E-state index in [1.807, 2.05) is 12.1 Å². The molecule has 1 aromatic carbocycles. The van der Waals surface area contributed by atoms with Gasteiger partial charge in [0.2, 0.25) is 0 Å². The molecule has 0 bridgehead atoms. The lowest BCUT2D eigenvalue weighted by Crippen LogP contribution is -1.83. The van der Waals surface area contributed by atoms with Crippen LogP contribution in [0.2, 0.25) is 5.02 Å². The molecule has 1 aromatic rings. The monoisotopic (exact) mass is 230 g/mol. The van der Waals surface area contributed by atoms with Gasteiger partial charge in [-0.25, -0.2) is 0 Å². The lowest BCUT2D eigenvalue weighted by Gasteiger charge is -2.04. The largest absolute Gasteiger partial charge is 0.0840 e. The fourth-order valence-corrected chi connectivity index (χ4v) is 2.80. The molecule has 0 saturated heterocycles. The van der Waals surface area contributed by atoms with Crippen molar-refractivity contribution in [2.75, 3.05) is 0 Å². The fourth-order valence-electron chi connectivity index (χ4n) is 1.58. The summed E-state index contributed by atoms with van der Waals surface area (Å²) in [7, 11) is 0. The van der Waals surface area contributed by atoms with E-state index in [0.29, 0.717) is 4.83 Å². The van der Waals surface area contributed by atoms with Crippen LogP contribution < -0.4 is 0 Å². The van der Waals surface area contributed by atoms with Crippen molar-refractivity contribution in [3.05, 3.63) is 34.3 Å². The average molecular weight is 232 g/mol. The fraction of sp³-hybridized carbons (Fsp3) is 0.333. The lowest BCUT2D eigenvalue weighted by molar-refractivity contribution is 0.903. The Bertz CT molecular complexity index is 283. The summed E-state index contributed by atoms with van der Waals surface area (Å²) < 4.78 is 0. The Balaban J connectivity index is 2.58. The van der Waals surface area contributed by atoms with Crippen LogP contribution in [-0.4, -0.2) is 0 Å². The number of aryl methyl sites for hydroxylation is 1. The number of benzene rings is 1. The molecule has 2 heteroatoms. The summed E-state index contributed by atoms with van der Waals surface area (Å²) in [5, 5.41) is 0.905. The molecule has 1 aliphatic rings. The van der Waals surface area contributed by atoms with Crippen molar-refractivity contribution in [1.29, 1.82) is 0 Å². The van der Waals surface area contributed by atoms with Gasteiger partial charge in [-0.05, 0) is 30.0 Å². The molecule has 0 radical (unpaired) electrons.